The van der Waals surface area contributed by atoms with E-state index >= 15 is 0 Å². The van der Waals surface area contributed by atoms with Gasteiger partial charge in [0.05, 0.1) is 13.3 Å². The van der Waals surface area contributed by atoms with Gasteiger partial charge in [-0.2, -0.15) is 0 Å². The minimum Gasteiger partial charge on any atom is -0.377 e. The molecule has 0 aliphatic heterocycles. The molecule has 0 fully saturated rings. The van der Waals surface area contributed by atoms with E-state index in [0.717, 1.165) is 13.1 Å². The Bertz CT molecular complexity index is 320. The van der Waals surface area contributed by atoms with Gasteiger partial charge in [0, 0.05) is 13.0 Å². The van der Waals surface area contributed by atoms with Crippen LogP contribution in [0, 0.1) is 5.92 Å². The van der Waals surface area contributed by atoms with Gasteiger partial charge in [0.2, 0.25) is 5.91 Å². The predicted molar refractivity (Wildman–Crippen MR) is 73.2 cm³/mol. The lowest BCUT2D eigenvalue weighted by Gasteiger charge is -2.18. The zero-order chi connectivity index (χ0) is 15.1. The van der Waals surface area contributed by atoms with E-state index in [1.165, 1.54) is 0 Å². The van der Waals surface area contributed by atoms with E-state index < -0.39 is 19.1 Å². The van der Waals surface area contributed by atoms with Crippen LogP contribution in [0.3, 0.4) is 0 Å². The lowest BCUT2D eigenvalue weighted by molar-refractivity contribution is -0.167. The molecule has 3 unspecified atom stereocenters. The van der Waals surface area contributed by atoms with Crippen LogP contribution < -0.4 is 5.32 Å². The molecule has 0 saturated heterocycles. The zero-order valence-electron chi connectivity index (χ0n) is 11.8. The summed E-state index contributed by atoms with van der Waals surface area (Å²) in [4.78, 5) is 20.7. The first-order valence-corrected chi connectivity index (χ1v) is 8.59. The van der Waals surface area contributed by atoms with Crippen LogP contribution in [0.1, 0.15) is 33.1 Å². The van der Waals surface area contributed by atoms with E-state index in [1.807, 2.05) is 13.8 Å². The van der Waals surface area contributed by atoms with Crippen molar-refractivity contribution >= 4 is 13.3 Å². The quantitative estimate of drug-likeness (QED) is 0.165. The van der Waals surface area contributed by atoms with Crippen molar-refractivity contribution in [1.82, 2.24) is 10.4 Å². The molecule has 0 bridgehead atoms. The number of hydrogen-bond acceptors (Lipinski definition) is 4. The number of aliphatic hydroxyl groups excluding tert-OH is 1. The average Bonchev–Trinajstić information content (AvgIpc) is 2.33. The monoisotopic (exact) mass is 297 g/mol. The van der Waals surface area contributed by atoms with Crippen LogP contribution in [0.15, 0.2) is 0 Å². The molecule has 8 heteroatoms. The minimum absolute atomic E-state index is 0.104. The molecule has 0 aliphatic carbocycles. The SMILES string of the molecule is CCC(C)CCC(=O)N(O)CNCC(O)P(C)(O)=[OH+]. The number of carbonyl (C=O) groups excluding carboxylic acids is 1. The van der Waals surface area contributed by atoms with Crippen molar-refractivity contribution in [3.8, 4) is 0 Å². The second kappa shape index (κ2) is 8.66. The molecule has 3 atom stereocenters. The third kappa shape index (κ3) is 8.34. The fraction of sp³-hybridized carbons (Fsp3) is 0.909. The second-order valence-corrected chi connectivity index (χ2v) is 7.47. The lowest BCUT2D eigenvalue weighted by atomic mass is 10.0. The van der Waals surface area contributed by atoms with E-state index in [9.17, 15) is 15.1 Å². The van der Waals surface area contributed by atoms with Crippen molar-refractivity contribution < 1.29 is 24.6 Å². The normalized spacial score (nSPS) is 17.6. The predicted octanol–water partition coefficient (Wildman–Crippen LogP) is 0.738. The second-order valence-electron chi connectivity index (χ2n) is 4.92. The topological polar surface area (TPSA) is 114 Å². The van der Waals surface area contributed by atoms with Crippen LogP contribution >= 0.6 is 7.37 Å². The Balaban J connectivity index is 3.88. The van der Waals surface area contributed by atoms with Gasteiger partial charge in [0.25, 0.3) is 0 Å². The van der Waals surface area contributed by atoms with Gasteiger partial charge in [-0.25, -0.2) is 5.06 Å². The summed E-state index contributed by atoms with van der Waals surface area (Å²) < 4.78 is 9.17. The highest BCUT2D eigenvalue weighted by atomic mass is 31.2. The van der Waals surface area contributed by atoms with Gasteiger partial charge in [-0.1, -0.05) is 20.3 Å². The maximum Gasteiger partial charge on any atom is 0.380 e. The Morgan fingerprint density at radius 1 is 1.53 bits per heavy atom. The van der Waals surface area contributed by atoms with Gasteiger partial charge in [-0.15, -0.1) is 0 Å². The van der Waals surface area contributed by atoms with Gasteiger partial charge in [0.1, 0.15) is 0 Å². The fourth-order valence-corrected chi connectivity index (χ4v) is 1.74. The van der Waals surface area contributed by atoms with Gasteiger partial charge in [-0.05, 0) is 12.3 Å². The first-order chi connectivity index (χ1) is 8.68. The first-order valence-electron chi connectivity index (χ1n) is 6.38. The molecule has 19 heavy (non-hydrogen) atoms. The molecule has 0 aliphatic rings. The van der Waals surface area contributed by atoms with Crippen molar-refractivity contribution in [2.24, 2.45) is 5.92 Å². The number of hydroxylamine groups is 2. The number of carbonyl (C=O) groups is 1. The molecule has 0 radical (unpaired) electrons. The van der Waals surface area contributed by atoms with E-state index in [-0.39, 0.29) is 19.6 Å². The number of nitrogens with zero attached hydrogens (tertiary/aromatic N) is 1. The summed E-state index contributed by atoms with van der Waals surface area (Å²) in [6.07, 6.45) is 1.96. The molecule has 7 nitrogen and oxygen atoms in total. The summed E-state index contributed by atoms with van der Waals surface area (Å²) in [7, 11) is -3.31. The minimum atomic E-state index is -3.31. The molecule has 0 rings (SSSR count). The first kappa shape index (κ1) is 18.5. The van der Waals surface area contributed by atoms with Gasteiger partial charge in [0.15, 0.2) is 5.85 Å². The highest BCUT2D eigenvalue weighted by Gasteiger charge is 2.29. The molecule has 0 heterocycles. The van der Waals surface area contributed by atoms with Crippen LogP contribution in [-0.4, -0.2) is 56.5 Å². The molecule has 114 valence electrons. The summed E-state index contributed by atoms with van der Waals surface area (Å²) >= 11 is 0. The maximum atomic E-state index is 11.5. The largest absolute Gasteiger partial charge is 0.380 e. The number of amides is 1. The molecular weight excluding hydrogens is 271 g/mol. The Labute approximate surface area is 114 Å². The highest BCUT2D eigenvalue weighted by molar-refractivity contribution is 7.57. The van der Waals surface area contributed by atoms with Crippen molar-refractivity contribution in [2.45, 2.75) is 39.0 Å². The number of aliphatic hydroxyl groups is 1. The van der Waals surface area contributed by atoms with Gasteiger partial charge >= 0.3 is 7.37 Å². The Hall–Kier alpha value is -0.460. The molecule has 1 amide bonds. The standard InChI is InChI=1S/C11H25N2O5P/c1-4-9(2)5-6-10(14)13(16)8-12-7-11(15)19(3,17)18/h9,11-12,15-16H,4-8H2,1-3H3,(H,17,18)/p+1. The summed E-state index contributed by atoms with van der Waals surface area (Å²) in [5.41, 5.74) is 0. The molecule has 0 saturated carbocycles. The van der Waals surface area contributed by atoms with Crippen molar-refractivity contribution in [3.05, 3.63) is 0 Å². The smallest absolute Gasteiger partial charge is 0.377 e. The molecule has 0 aromatic carbocycles. The Morgan fingerprint density at radius 3 is 2.58 bits per heavy atom. The van der Waals surface area contributed by atoms with Crippen molar-refractivity contribution in [2.75, 3.05) is 19.9 Å². The van der Waals surface area contributed by atoms with Crippen LogP contribution in [0.25, 0.3) is 0 Å². The third-order valence-corrected chi connectivity index (χ3v) is 4.30. The fourth-order valence-electron chi connectivity index (χ4n) is 1.26. The van der Waals surface area contributed by atoms with Gasteiger partial charge in [-0.3, -0.25) is 19.9 Å². The summed E-state index contributed by atoms with van der Waals surface area (Å²) in [6, 6.07) is 0. The van der Waals surface area contributed by atoms with Crippen LogP contribution in [0.4, 0.5) is 0 Å². The summed E-state index contributed by atoms with van der Waals surface area (Å²) in [5, 5.41) is 21.9. The number of nitrogens with one attached hydrogen (secondary N) is 1. The van der Waals surface area contributed by atoms with Crippen molar-refractivity contribution in [1.29, 1.82) is 0 Å². The van der Waals surface area contributed by atoms with Crippen LogP contribution in [0.2, 0.25) is 0 Å². The number of hydrogen-bond donors (Lipinski definition) is 4. The van der Waals surface area contributed by atoms with E-state index in [0.29, 0.717) is 17.4 Å². The highest BCUT2D eigenvalue weighted by Crippen LogP contribution is 2.38. The van der Waals surface area contributed by atoms with Gasteiger partial charge < -0.3 is 10.00 Å². The third-order valence-electron chi connectivity index (χ3n) is 2.99. The Kier molecular flexibility index (Phi) is 8.45. The maximum absolute atomic E-state index is 11.5. The van der Waals surface area contributed by atoms with Crippen LogP contribution in [-0.2, 0) is 4.79 Å². The summed E-state index contributed by atoms with van der Waals surface area (Å²) in [6.45, 7) is 4.98. The van der Waals surface area contributed by atoms with E-state index in [2.05, 4.69) is 5.32 Å². The molecule has 0 spiro atoms. The van der Waals surface area contributed by atoms with E-state index in [4.69, 9.17) is 9.46 Å². The molecule has 5 N–H and O–H groups in total. The number of rotatable bonds is 9. The van der Waals surface area contributed by atoms with Crippen LogP contribution in [0.5, 0.6) is 0 Å². The molecule has 0 aromatic rings. The zero-order valence-corrected chi connectivity index (χ0v) is 12.7. The molecule has 0 aromatic heterocycles. The average molecular weight is 297 g/mol. The molecular formula is C11H26N2O5P+. The lowest BCUT2D eigenvalue weighted by Crippen LogP contribution is -2.39. The van der Waals surface area contributed by atoms with E-state index in [1.54, 1.807) is 0 Å². The van der Waals surface area contributed by atoms with Crippen molar-refractivity contribution in [3.63, 3.8) is 0 Å². The summed E-state index contributed by atoms with van der Waals surface area (Å²) in [5.74, 6) is -1.26. The Morgan fingerprint density at radius 2 is 2.11 bits per heavy atom.